The van der Waals surface area contributed by atoms with Gasteiger partial charge in [-0.1, -0.05) is 15.9 Å². The van der Waals surface area contributed by atoms with Crippen LogP contribution in [0.4, 0.5) is 10.5 Å². The van der Waals surface area contributed by atoms with Crippen molar-refractivity contribution in [2.45, 2.75) is 19.8 Å². The van der Waals surface area contributed by atoms with Crippen molar-refractivity contribution in [2.24, 2.45) is 0 Å². The van der Waals surface area contributed by atoms with E-state index in [2.05, 4.69) is 21.2 Å². The van der Waals surface area contributed by atoms with Crippen LogP contribution in [0.25, 0.3) is 0 Å². The molecule has 1 aromatic rings. The van der Waals surface area contributed by atoms with Crippen LogP contribution in [0, 0.1) is 6.92 Å². The molecule has 0 aliphatic rings. The Morgan fingerprint density at radius 3 is 2.63 bits per heavy atom. The number of hydrogen-bond donors (Lipinski definition) is 2. The predicted octanol–water partition coefficient (Wildman–Crippen LogP) is 3.09. The second-order valence-electron chi connectivity index (χ2n) is 4.37. The highest BCUT2D eigenvalue weighted by Gasteiger charge is 2.09. The summed E-state index contributed by atoms with van der Waals surface area (Å²) in [5.74, 6) is -0.851. The Morgan fingerprint density at radius 2 is 2.05 bits per heavy atom. The van der Waals surface area contributed by atoms with E-state index in [4.69, 9.17) is 5.11 Å². The number of carbonyl (C=O) groups is 2. The molecule has 0 spiro atoms. The van der Waals surface area contributed by atoms with Crippen LogP contribution in [0.2, 0.25) is 0 Å². The molecule has 2 N–H and O–H groups in total. The molecule has 0 bridgehead atoms. The fraction of sp³-hybridized carbons (Fsp3) is 0.385. The first-order valence-corrected chi connectivity index (χ1v) is 6.69. The molecule has 0 heterocycles. The number of urea groups is 1. The largest absolute Gasteiger partial charge is 0.481 e. The van der Waals surface area contributed by atoms with E-state index in [9.17, 15) is 9.59 Å². The molecule has 0 saturated heterocycles. The summed E-state index contributed by atoms with van der Waals surface area (Å²) in [4.78, 5) is 23.7. The molecule has 2 amide bonds. The van der Waals surface area contributed by atoms with Crippen molar-refractivity contribution in [3.63, 3.8) is 0 Å². The Labute approximate surface area is 120 Å². The van der Waals surface area contributed by atoms with Crippen LogP contribution in [0.5, 0.6) is 0 Å². The van der Waals surface area contributed by atoms with E-state index in [0.717, 1.165) is 10.0 Å². The number of carboxylic acid groups (broad SMARTS) is 1. The van der Waals surface area contributed by atoms with E-state index in [0.29, 0.717) is 18.7 Å². The maximum atomic E-state index is 11.9. The van der Waals surface area contributed by atoms with Crippen LogP contribution in [-0.4, -0.2) is 35.6 Å². The van der Waals surface area contributed by atoms with Crippen molar-refractivity contribution < 1.29 is 14.7 Å². The number of halogens is 1. The molecule has 104 valence electrons. The first-order chi connectivity index (χ1) is 8.88. The lowest BCUT2D eigenvalue weighted by atomic mass is 10.2. The Bertz CT molecular complexity index is 457. The summed E-state index contributed by atoms with van der Waals surface area (Å²) in [6.07, 6.45) is 0.504. The monoisotopic (exact) mass is 328 g/mol. The minimum atomic E-state index is -0.851. The van der Waals surface area contributed by atoms with Gasteiger partial charge in [-0.3, -0.25) is 4.79 Å². The van der Waals surface area contributed by atoms with Crippen molar-refractivity contribution in [3.8, 4) is 0 Å². The Kier molecular flexibility index (Phi) is 5.82. The maximum Gasteiger partial charge on any atom is 0.321 e. The normalized spacial score (nSPS) is 10.1. The number of nitrogens with zero attached hydrogens (tertiary/aromatic N) is 1. The van der Waals surface area contributed by atoms with Crippen molar-refractivity contribution in [1.82, 2.24) is 4.90 Å². The van der Waals surface area contributed by atoms with Crippen molar-refractivity contribution in [3.05, 3.63) is 28.2 Å². The zero-order valence-corrected chi connectivity index (χ0v) is 12.5. The van der Waals surface area contributed by atoms with Crippen molar-refractivity contribution >= 4 is 33.6 Å². The number of rotatable bonds is 5. The summed E-state index contributed by atoms with van der Waals surface area (Å²) in [5.41, 5.74) is 1.75. The fourth-order valence-electron chi connectivity index (χ4n) is 1.60. The molecule has 0 atom stereocenters. The Balaban J connectivity index is 2.51. The first-order valence-electron chi connectivity index (χ1n) is 5.89. The van der Waals surface area contributed by atoms with E-state index < -0.39 is 5.97 Å². The summed E-state index contributed by atoms with van der Waals surface area (Å²) in [5, 5.41) is 11.3. The second-order valence-corrected chi connectivity index (χ2v) is 5.28. The Hall–Kier alpha value is -1.56. The van der Waals surface area contributed by atoms with Crippen molar-refractivity contribution in [1.29, 1.82) is 0 Å². The van der Waals surface area contributed by atoms with Gasteiger partial charge in [0, 0.05) is 30.2 Å². The van der Waals surface area contributed by atoms with Crippen LogP contribution < -0.4 is 5.32 Å². The molecule has 0 aliphatic carbocycles. The number of benzene rings is 1. The highest BCUT2D eigenvalue weighted by atomic mass is 79.9. The molecular weight excluding hydrogens is 312 g/mol. The fourth-order valence-corrected chi connectivity index (χ4v) is 2.20. The summed E-state index contributed by atoms with van der Waals surface area (Å²) in [6, 6.07) is 5.39. The summed E-state index contributed by atoms with van der Waals surface area (Å²) >= 11 is 3.37. The van der Waals surface area contributed by atoms with Crippen LogP contribution in [-0.2, 0) is 4.79 Å². The topological polar surface area (TPSA) is 69.6 Å². The quantitative estimate of drug-likeness (QED) is 0.872. The van der Waals surface area contributed by atoms with Gasteiger partial charge in [-0.05, 0) is 37.1 Å². The van der Waals surface area contributed by atoms with Gasteiger partial charge in [-0.15, -0.1) is 0 Å². The molecule has 1 aromatic carbocycles. The molecule has 0 aromatic heterocycles. The number of carboxylic acids is 1. The molecule has 0 aliphatic heterocycles. The van der Waals surface area contributed by atoms with Gasteiger partial charge in [0.1, 0.15) is 0 Å². The number of anilines is 1. The predicted molar refractivity (Wildman–Crippen MR) is 77.4 cm³/mol. The number of carbonyl (C=O) groups excluding carboxylic acids is 1. The highest BCUT2D eigenvalue weighted by Crippen LogP contribution is 2.19. The second kappa shape index (κ2) is 7.13. The van der Waals surface area contributed by atoms with Crippen LogP contribution in [0.3, 0.4) is 0 Å². The van der Waals surface area contributed by atoms with E-state index in [1.165, 1.54) is 4.90 Å². The lowest BCUT2D eigenvalue weighted by molar-refractivity contribution is -0.137. The molecule has 5 nitrogen and oxygen atoms in total. The minimum Gasteiger partial charge on any atom is -0.481 e. The zero-order chi connectivity index (χ0) is 14.4. The van der Waals surface area contributed by atoms with Crippen LogP contribution >= 0.6 is 15.9 Å². The SMILES string of the molecule is Cc1cc(Br)cc(NC(=O)N(C)CCCC(=O)O)c1. The van der Waals surface area contributed by atoms with Gasteiger partial charge in [0.15, 0.2) is 0 Å². The van der Waals surface area contributed by atoms with E-state index in [-0.39, 0.29) is 12.5 Å². The van der Waals surface area contributed by atoms with Gasteiger partial charge in [0.05, 0.1) is 0 Å². The van der Waals surface area contributed by atoms with E-state index >= 15 is 0 Å². The molecule has 0 unspecified atom stereocenters. The van der Waals surface area contributed by atoms with Gasteiger partial charge < -0.3 is 15.3 Å². The molecule has 0 radical (unpaired) electrons. The third kappa shape index (κ3) is 5.74. The van der Waals surface area contributed by atoms with Gasteiger partial charge in [0.2, 0.25) is 0 Å². The van der Waals surface area contributed by atoms with E-state index in [1.54, 1.807) is 7.05 Å². The lowest BCUT2D eigenvalue weighted by Crippen LogP contribution is -2.32. The lowest BCUT2D eigenvalue weighted by Gasteiger charge is -2.17. The highest BCUT2D eigenvalue weighted by molar-refractivity contribution is 9.10. The molecular formula is C13H17BrN2O3. The summed E-state index contributed by atoms with van der Waals surface area (Å²) in [6.45, 7) is 2.35. The molecule has 0 saturated carbocycles. The molecule has 19 heavy (non-hydrogen) atoms. The number of nitrogens with one attached hydrogen (secondary N) is 1. The zero-order valence-electron chi connectivity index (χ0n) is 10.9. The number of aliphatic carboxylic acids is 1. The number of hydrogen-bond acceptors (Lipinski definition) is 2. The smallest absolute Gasteiger partial charge is 0.321 e. The average Bonchev–Trinajstić information content (AvgIpc) is 2.26. The summed E-state index contributed by atoms with van der Waals surface area (Å²) < 4.78 is 0.899. The maximum absolute atomic E-state index is 11.9. The minimum absolute atomic E-state index is 0.0631. The van der Waals surface area contributed by atoms with Crippen molar-refractivity contribution in [2.75, 3.05) is 18.9 Å². The Morgan fingerprint density at radius 1 is 1.37 bits per heavy atom. The van der Waals surface area contributed by atoms with Gasteiger partial charge in [-0.2, -0.15) is 0 Å². The van der Waals surface area contributed by atoms with Crippen LogP contribution in [0.1, 0.15) is 18.4 Å². The third-order valence-corrected chi connectivity index (χ3v) is 2.98. The first kappa shape index (κ1) is 15.5. The van der Waals surface area contributed by atoms with Crippen LogP contribution in [0.15, 0.2) is 22.7 Å². The number of aryl methyl sites for hydroxylation is 1. The number of amides is 2. The molecule has 0 fully saturated rings. The van der Waals surface area contributed by atoms with Gasteiger partial charge >= 0.3 is 12.0 Å². The summed E-state index contributed by atoms with van der Waals surface area (Å²) in [7, 11) is 1.64. The standard InChI is InChI=1S/C13H17BrN2O3/c1-9-6-10(14)8-11(7-9)15-13(19)16(2)5-3-4-12(17)18/h6-8H,3-5H2,1-2H3,(H,15,19)(H,17,18). The average molecular weight is 329 g/mol. The molecule has 1 rings (SSSR count). The van der Waals surface area contributed by atoms with E-state index in [1.807, 2.05) is 25.1 Å². The van der Waals surface area contributed by atoms with Gasteiger partial charge in [-0.25, -0.2) is 4.79 Å². The molecule has 6 heteroatoms. The van der Waals surface area contributed by atoms with Gasteiger partial charge in [0.25, 0.3) is 0 Å². The third-order valence-electron chi connectivity index (χ3n) is 2.52.